The minimum absolute atomic E-state index is 0.0347. The molecule has 4 aromatic rings. The van der Waals surface area contributed by atoms with Gasteiger partial charge in [0.1, 0.15) is 10.3 Å². The van der Waals surface area contributed by atoms with Crippen molar-refractivity contribution in [3.63, 3.8) is 0 Å². The van der Waals surface area contributed by atoms with Gasteiger partial charge in [0.05, 0.1) is 49.3 Å². The largest absolute Gasteiger partial charge is 0.493 e. The number of nitrogens with zero attached hydrogens (tertiary/aromatic N) is 3. The summed E-state index contributed by atoms with van der Waals surface area (Å²) >= 11 is 1.02. The number of benzene rings is 3. The highest BCUT2D eigenvalue weighted by Crippen LogP contribution is 2.38. The molecule has 1 amide bonds. The lowest BCUT2D eigenvalue weighted by atomic mass is 9.95. The van der Waals surface area contributed by atoms with E-state index < -0.39 is 35.3 Å². The molecule has 228 valence electrons. The molecule has 12 heteroatoms. The van der Waals surface area contributed by atoms with Crippen LogP contribution in [0, 0.1) is 5.82 Å². The summed E-state index contributed by atoms with van der Waals surface area (Å²) in [5.74, 6) is -1.79. The van der Waals surface area contributed by atoms with Crippen molar-refractivity contribution >= 4 is 40.4 Å². The summed E-state index contributed by atoms with van der Waals surface area (Å²) in [4.78, 5) is 59.5. The maximum atomic E-state index is 14.6. The predicted octanol–water partition coefficient (Wildman–Crippen LogP) is 3.40. The predicted molar refractivity (Wildman–Crippen MR) is 163 cm³/mol. The Balaban J connectivity index is 1.57. The molecule has 0 radical (unpaired) electrons. The van der Waals surface area contributed by atoms with Crippen LogP contribution < -0.4 is 29.3 Å². The van der Waals surface area contributed by atoms with Crippen LogP contribution in [-0.4, -0.2) is 36.6 Å². The first kappa shape index (κ1) is 29.7. The lowest BCUT2D eigenvalue weighted by Gasteiger charge is -2.25. The minimum Gasteiger partial charge on any atom is -0.493 e. The van der Waals surface area contributed by atoms with E-state index >= 15 is 0 Å². The summed E-state index contributed by atoms with van der Waals surface area (Å²) in [5, 5.41) is 0. The molecule has 3 aromatic carbocycles. The highest BCUT2D eigenvalue weighted by molar-refractivity contribution is 7.07. The Morgan fingerprint density at radius 1 is 1.00 bits per heavy atom. The van der Waals surface area contributed by atoms with Gasteiger partial charge in [0.2, 0.25) is 0 Å². The molecular weight excluding hydrogens is 601 g/mol. The number of hydrogen-bond donors (Lipinski definition) is 0. The number of esters is 2. The van der Waals surface area contributed by atoms with Gasteiger partial charge in [-0.2, -0.15) is 0 Å². The first-order chi connectivity index (χ1) is 21.6. The molecule has 1 aromatic heterocycles. The van der Waals surface area contributed by atoms with Crippen LogP contribution in [0.25, 0.3) is 5.57 Å². The van der Waals surface area contributed by atoms with E-state index in [0.717, 1.165) is 11.3 Å². The molecule has 0 bridgehead atoms. The molecule has 3 heterocycles. The van der Waals surface area contributed by atoms with Crippen LogP contribution >= 0.6 is 11.3 Å². The number of hydrogen-bond acceptors (Lipinski definition) is 9. The molecule has 0 N–H and O–H groups in total. The second-order valence-electron chi connectivity index (χ2n) is 10.3. The number of para-hydroxylation sites is 1. The number of aromatic nitrogens is 1. The molecule has 2 aliphatic heterocycles. The number of allylic oxidation sites excluding steroid dienone is 1. The molecule has 0 fully saturated rings. The molecule has 0 saturated heterocycles. The van der Waals surface area contributed by atoms with Crippen molar-refractivity contribution in [2.45, 2.75) is 26.4 Å². The number of halogens is 1. The fraction of sp³-hybridized carbons (Fsp3) is 0.182. The van der Waals surface area contributed by atoms with Gasteiger partial charge in [-0.3, -0.25) is 19.0 Å². The van der Waals surface area contributed by atoms with E-state index in [1.807, 2.05) is 0 Å². The van der Waals surface area contributed by atoms with Gasteiger partial charge >= 0.3 is 11.9 Å². The van der Waals surface area contributed by atoms with E-state index in [-0.39, 0.29) is 38.5 Å². The first-order valence-corrected chi connectivity index (χ1v) is 14.6. The normalized spacial score (nSPS) is 16.6. The van der Waals surface area contributed by atoms with Gasteiger partial charge in [0, 0.05) is 18.1 Å². The summed E-state index contributed by atoms with van der Waals surface area (Å²) in [6.45, 7) is 2.86. The number of carbonyl (C=O) groups excluding carboxylic acids is 3. The van der Waals surface area contributed by atoms with E-state index in [1.165, 1.54) is 42.7 Å². The van der Waals surface area contributed by atoms with Gasteiger partial charge in [0.25, 0.3) is 11.5 Å². The molecule has 0 aliphatic carbocycles. The third-order valence-corrected chi connectivity index (χ3v) is 8.65. The van der Waals surface area contributed by atoms with Crippen LogP contribution in [0.15, 0.2) is 87.8 Å². The SMILES string of the molecule is COC(=O)C1=C(C)N=c2s/c(=C3\C(=O)N(Cc4ccccc4F)c4ccccc43)c(=O)n2[C@@H]1c1ccc(OC(C)=O)c(OC)c1. The summed E-state index contributed by atoms with van der Waals surface area (Å²) < 4.78 is 31.9. The van der Waals surface area contributed by atoms with Crippen molar-refractivity contribution in [3.8, 4) is 11.5 Å². The summed E-state index contributed by atoms with van der Waals surface area (Å²) in [5.41, 5.74) is 1.90. The Bertz CT molecular complexity index is 2130. The van der Waals surface area contributed by atoms with Crippen LogP contribution in [-0.2, 0) is 25.7 Å². The number of thiazole rings is 1. The van der Waals surface area contributed by atoms with Crippen molar-refractivity contribution < 1.29 is 33.0 Å². The number of methoxy groups -OCH3 is 2. The van der Waals surface area contributed by atoms with Crippen LogP contribution in [0.3, 0.4) is 0 Å². The standard InChI is InChI=1S/C33H26FN3O7S/c1-17-26(32(41)43-4)28(19-13-14-24(44-18(2)38)25(15-19)42-3)37-31(40)29(45-33(37)35-17)27-21-10-6-8-12-23(21)36(30(27)39)16-20-9-5-7-11-22(20)34/h5-15,28H,16H2,1-4H3/b29-27-/t28-/m1/s1. The van der Waals surface area contributed by atoms with Crippen LogP contribution in [0.2, 0.25) is 0 Å². The van der Waals surface area contributed by atoms with Gasteiger partial charge in [0.15, 0.2) is 16.3 Å². The highest BCUT2D eigenvalue weighted by Gasteiger charge is 2.37. The van der Waals surface area contributed by atoms with Crippen molar-refractivity contribution in [2.75, 3.05) is 19.1 Å². The van der Waals surface area contributed by atoms with E-state index in [0.29, 0.717) is 28.1 Å². The Hall–Kier alpha value is -5.36. The third kappa shape index (κ3) is 5.02. The van der Waals surface area contributed by atoms with Gasteiger partial charge in [-0.1, -0.05) is 53.8 Å². The number of amides is 1. The Kier molecular flexibility index (Phi) is 7.67. The van der Waals surface area contributed by atoms with Crippen LogP contribution in [0.1, 0.15) is 36.6 Å². The molecule has 0 spiro atoms. The molecule has 2 aliphatic rings. The van der Waals surface area contributed by atoms with E-state index in [2.05, 4.69) is 4.99 Å². The average molecular weight is 628 g/mol. The van der Waals surface area contributed by atoms with Gasteiger partial charge in [-0.15, -0.1) is 0 Å². The third-order valence-electron chi connectivity index (χ3n) is 7.60. The molecule has 1 atom stereocenters. The molecule has 0 saturated carbocycles. The lowest BCUT2D eigenvalue weighted by molar-refractivity contribution is -0.136. The van der Waals surface area contributed by atoms with Gasteiger partial charge in [-0.25, -0.2) is 14.2 Å². The number of rotatable bonds is 6. The fourth-order valence-electron chi connectivity index (χ4n) is 5.61. The minimum atomic E-state index is -1.01. The fourth-order valence-corrected chi connectivity index (χ4v) is 6.74. The zero-order valence-electron chi connectivity index (χ0n) is 24.6. The highest BCUT2D eigenvalue weighted by atomic mass is 32.1. The maximum Gasteiger partial charge on any atom is 0.338 e. The van der Waals surface area contributed by atoms with Crippen molar-refractivity contribution in [2.24, 2.45) is 4.99 Å². The van der Waals surface area contributed by atoms with E-state index in [4.69, 9.17) is 14.2 Å². The molecule has 6 rings (SSSR count). The second-order valence-corrected chi connectivity index (χ2v) is 11.3. The molecule has 45 heavy (non-hydrogen) atoms. The average Bonchev–Trinajstić information content (AvgIpc) is 3.49. The van der Waals surface area contributed by atoms with Crippen molar-refractivity contribution in [1.82, 2.24) is 4.57 Å². The van der Waals surface area contributed by atoms with Gasteiger partial charge in [-0.05, 0) is 36.8 Å². The number of fused-ring (bicyclic) bond motifs is 2. The summed E-state index contributed by atoms with van der Waals surface area (Å²) in [6.07, 6.45) is 0. The Labute approximate surface area is 259 Å². The second kappa shape index (κ2) is 11.6. The molecule has 0 unspecified atom stereocenters. The summed E-state index contributed by atoms with van der Waals surface area (Å²) in [6, 6.07) is 16.9. The number of anilines is 1. The zero-order chi connectivity index (χ0) is 32.0. The summed E-state index contributed by atoms with van der Waals surface area (Å²) in [7, 11) is 2.63. The molecule has 10 nitrogen and oxygen atoms in total. The topological polar surface area (TPSA) is 117 Å². The maximum absolute atomic E-state index is 14.6. The molecular formula is C33H26FN3O7S. The smallest absolute Gasteiger partial charge is 0.338 e. The first-order valence-electron chi connectivity index (χ1n) is 13.8. The number of ether oxygens (including phenoxy) is 3. The Morgan fingerprint density at radius 2 is 1.73 bits per heavy atom. The lowest BCUT2D eigenvalue weighted by Crippen LogP contribution is -2.40. The monoisotopic (exact) mass is 627 g/mol. The quantitative estimate of drug-likeness (QED) is 0.238. The van der Waals surface area contributed by atoms with Crippen molar-refractivity contribution in [1.29, 1.82) is 0 Å². The van der Waals surface area contributed by atoms with Crippen LogP contribution in [0.4, 0.5) is 10.1 Å². The van der Waals surface area contributed by atoms with Crippen molar-refractivity contribution in [3.05, 3.63) is 120 Å². The van der Waals surface area contributed by atoms with Gasteiger partial charge < -0.3 is 19.1 Å². The zero-order valence-corrected chi connectivity index (χ0v) is 25.4. The number of carbonyl (C=O) groups is 3. The Morgan fingerprint density at radius 3 is 2.44 bits per heavy atom. The van der Waals surface area contributed by atoms with Crippen LogP contribution in [0.5, 0.6) is 11.5 Å². The van der Waals surface area contributed by atoms with E-state index in [1.54, 1.807) is 61.5 Å². The van der Waals surface area contributed by atoms with E-state index in [9.17, 15) is 23.6 Å².